The molecule has 0 amide bonds. The molecule has 1 rings (SSSR count). The van der Waals surface area contributed by atoms with Crippen LogP contribution in [0, 0.1) is 6.92 Å². The Morgan fingerprint density at radius 3 is 2.73 bits per heavy atom. The highest BCUT2D eigenvalue weighted by Crippen LogP contribution is 2.24. The molecular formula is C10H17BrN4. The Balaban J connectivity index is 3.04. The molecule has 0 saturated carbocycles. The van der Waals surface area contributed by atoms with Gasteiger partial charge in [-0.2, -0.15) is 0 Å². The van der Waals surface area contributed by atoms with Crippen LogP contribution in [0.3, 0.4) is 0 Å². The first-order valence-electron chi connectivity index (χ1n) is 5.02. The number of aromatic nitrogens is 2. The Labute approximate surface area is 99.0 Å². The first kappa shape index (κ1) is 12.4. The van der Waals surface area contributed by atoms with E-state index in [0.29, 0.717) is 12.6 Å². The molecule has 0 spiro atoms. The Hall–Kier alpha value is -0.680. The Morgan fingerprint density at radius 1 is 1.53 bits per heavy atom. The van der Waals surface area contributed by atoms with Crippen molar-refractivity contribution < 1.29 is 0 Å². The highest BCUT2D eigenvalue weighted by molar-refractivity contribution is 9.10. The molecule has 0 saturated heterocycles. The van der Waals surface area contributed by atoms with Gasteiger partial charge in [-0.1, -0.05) is 0 Å². The molecule has 0 aliphatic rings. The summed E-state index contributed by atoms with van der Waals surface area (Å²) in [5.41, 5.74) is 5.59. The molecule has 0 bridgehead atoms. The van der Waals surface area contributed by atoms with Crippen molar-refractivity contribution in [3.63, 3.8) is 0 Å². The summed E-state index contributed by atoms with van der Waals surface area (Å²) in [5.74, 6) is 1.69. The van der Waals surface area contributed by atoms with Crippen molar-refractivity contribution in [3.05, 3.63) is 16.5 Å². The molecule has 15 heavy (non-hydrogen) atoms. The van der Waals surface area contributed by atoms with Gasteiger partial charge in [0.05, 0.1) is 4.47 Å². The molecule has 0 aromatic carbocycles. The van der Waals surface area contributed by atoms with Gasteiger partial charge in [-0.05, 0) is 36.7 Å². The van der Waals surface area contributed by atoms with Gasteiger partial charge in [0.2, 0.25) is 0 Å². The normalized spacial score (nSPS) is 10.8. The first-order chi connectivity index (χ1) is 7.06. The number of halogens is 1. The molecule has 84 valence electrons. The van der Waals surface area contributed by atoms with Crippen LogP contribution in [-0.4, -0.2) is 29.1 Å². The van der Waals surface area contributed by atoms with E-state index in [1.165, 1.54) is 0 Å². The van der Waals surface area contributed by atoms with Crippen molar-refractivity contribution in [1.82, 2.24) is 9.97 Å². The van der Waals surface area contributed by atoms with E-state index in [2.05, 4.69) is 44.6 Å². The number of nitrogens with two attached hydrogens (primary N) is 1. The van der Waals surface area contributed by atoms with E-state index in [1.807, 2.05) is 6.92 Å². The van der Waals surface area contributed by atoms with Crippen molar-refractivity contribution >= 4 is 21.7 Å². The average molecular weight is 273 g/mol. The van der Waals surface area contributed by atoms with Crippen LogP contribution in [-0.2, 0) is 0 Å². The van der Waals surface area contributed by atoms with Crippen LogP contribution in [0.1, 0.15) is 19.7 Å². The van der Waals surface area contributed by atoms with Gasteiger partial charge in [-0.3, -0.25) is 0 Å². The van der Waals surface area contributed by atoms with Crippen LogP contribution in [0.5, 0.6) is 0 Å². The van der Waals surface area contributed by atoms with Gasteiger partial charge in [-0.25, -0.2) is 9.97 Å². The molecule has 1 aromatic rings. The minimum atomic E-state index is 0.374. The Morgan fingerprint density at radius 2 is 2.20 bits per heavy atom. The van der Waals surface area contributed by atoms with Crippen LogP contribution in [0.4, 0.5) is 5.82 Å². The van der Waals surface area contributed by atoms with Crippen molar-refractivity contribution in [1.29, 1.82) is 0 Å². The summed E-state index contributed by atoms with van der Waals surface area (Å²) in [4.78, 5) is 10.7. The third-order valence-electron chi connectivity index (χ3n) is 2.11. The standard InChI is InChI=1S/C10H17BrN4/c1-7(2)15(5-4-12)10-9(11)6-13-8(3)14-10/h6-7H,4-5,12H2,1-3H3. The van der Waals surface area contributed by atoms with Gasteiger partial charge in [0.15, 0.2) is 0 Å². The van der Waals surface area contributed by atoms with Gasteiger partial charge in [0.25, 0.3) is 0 Å². The molecule has 0 aliphatic heterocycles. The van der Waals surface area contributed by atoms with Gasteiger partial charge in [0.1, 0.15) is 11.6 Å². The molecule has 0 unspecified atom stereocenters. The molecule has 0 aliphatic carbocycles. The molecule has 5 heteroatoms. The van der Waals surface area contributed by atoms with E-state index in [4.69, 9.17) is 5.73 Å². The largest absolute Gasteiger partial charge is 0.352 e. The number of nitrogens with zero attached hydrogens (tertiary/aromatic N) is 3. The smallest absolute Gasteiger partial charge is 0.146 e. The molecule has 2 N–H and O–H groups in total. The number of anilines is 1. The summed E-state index contributed by atoms with van der Waals surface area (Å²) in [6, 6.07) is 0.374. The molecular weight excluding hydrogens is 256 g/mol. The second-order valence-corrected chi connectivity index (χ2v) is 4.52. The van der Waals surface area contributed by atoms with E-state index < -0.39 is 0 Å². The summed E-state index contributed by atoms with van der Waals surface area (Å²) in [6.45, 7) is 7.55. The van der Waals surface area contributed by atoms with Crippen LogP contribution in [0.25, 0.3) is 0 Å². The summed E-state index contributed by atoms with van der Waals surface area (Å²) < 4.78 is 0.912. The lowest BCUT2D eigenvalue weighted by atomic mass is 10.3. The number of rotatable bonds is 4. The Bertz CT molecular complexity index is 327. The maximum atomic E-state index is 5.59. The molecule has 1 aromatic heterocycles. The predicted molar refractivity (Wildman–Crippen MR) is 66.0 cm³/mol. The fourth-order valence-electron chi connectivity index (χ4n) is 1.39. The molecule has 0 atom stereocenters. The lowest BCUT2D eigenvalue weighted by molar-refractivity contribution is 0.670. The highest BCUT2D eigenvalue weighted by atomic mass is 79.9. The highest BCUT2D eigenvalue weighted by Gasteiger charge is 2.14. The van der Waals surface area contributed by atoms with Gasteiger partial charge >= 0.3 is 0 Å². The lowest BCUT2D eigenvalue weighted by Crippen LogP contribution is -2.36. The zero-order chi connectivity index (χ0) is 11.4. The third-order valence-corrected chi connectivity index (χ3v) is 2.67. The van der Waals surface area contributed by atoms with Crippen molar-refractivity contribution in [2.24, 2.45) is 5.73 Å². The van der Waals surface area contributed by atoms with E-state index in [0.717, 1.165) is 22.7 Å². The van der Waals surface area contributed by atoms with Crippen molar-refractivity contribution in [2.75, 3.05) is 18.0 Å². The average Bonchev–Trinajstić information content (AvgIpc) is 2.18. The monoisotopic (exact) mass is 272 g/mol. The maximum absolute atomic E-state index is 5.59. The SMILES string of the molecule is Cc1ncc(Br)c(N(CCN)C(C)C)n1. The molecule has 0 fully saturated rings. The minimum Gasteiger partial charge on any atom is -0.352 e. The third kappa shape index (κ3) is 3.14. The van der Waals surface area contributed by atoms with E-state index in [-0.39, 0.29) is 0 Å². The fraction of sp³-hybridized carbons (Fsp3) is 0.600. The van der Waals surface area contributed by atoms with Crippen LogP contribution in [0.15, 0.2) is 10.7 Å². The zero-order valence-electron chi connectivity index (χ0n) is 9.37. The summed E-state index contributed by atoms with van der Waals surface area (Å²) in [6.07, 6.45) is 1.78. The predicted octanol–water partition coefficient (Wildman–Crippen LogP) is 1.72. The first-order valence-corrected chi connectivity index (χ1v) is 5.81. The summed E-state index contributed by atoms with van der Waals surface area (Å²) in [5, 5.41) is 0. The van der Waals surface area contributed by atoms with Crippen LogP contribution < -0.4 is 10.6 Å². The van der Waals surface area contributed by atoms with Crippen molar-refractivity contribution in [2.45, 2.75) is 26.8 Å². The number of hydrogen-bond acceptors (Lipinski definition) is 4. The summed E-state index contributed by atoms with van der Waals surface area (Å²) >= 11 is 3.46. The number of aryl methyl sites for hydroxylation is 1. The van der Waals surface area contributed by atoms with Crippen LogP contribution in [0.2, 0.25) is 0 Å². The topological polar surface area (TPSA) is 55.0 Å². The molecule has 1 heterocycles. The number of hydrogen-bond donors (Lipinski definition) is 1. The fourth-order valence-corrected chi connectivity index (χ4v) is 1.81. The second-order valence-electron chi connectivity index (χ2n) is 3.66. The molecule has 4 nitrogen and oxygen atoms in total. The lowest BCUT2D eigenvalue weighted by Gasteiger charge is -2.28. The Kier molecular flexibility index (Phi) is 4.47. The van der Waals surface area contributed by atoms with Crippen LogP contribution >= 0.6 is 15.9 Å². The second kappa shape index (κ2) is 5.42. The van der Waals surface area contributed by atoms with Gasteiger partial charge in [-0.15, -0.1) is 0 Å². The maximum Gasteiger partial charge on any atom is 0.146 e. The zero-order valence-corrected chi connectivity index (χ0v) is 11.0. The molecule has 0 radical (unpaired) electrons. The van der Waals surface area contributed by atoms with Crippen molar-refractivity contribution in [3.8, 4) is 0 Å². The summed E-state index contributed by atoms with van der Waals surface area (Å²) in [7, 11) is 0. The van der Waals surface area contributed by atoms with Gasteiger partial charge < -0.3 is 10.6 Å². The van der Waals surface area contributed by atoms with E-state index in [9.17, 15) is 0 Å². The minimum absolute atomic E-state index is 0.374. The van der Waals surface area contributed by atoms with Gasteiger partial charge in [0, 0.05) is 25.3 Å². The quantitative estimate of drug-likeness (QED) is 0.907. The van der Waals surface area contributed by atoms with E-state index in [1.54, 1.807) is 6.20 Å². The van der Waals surface area contributed by atoms with E-state index >= 15 is 0 Å².